The van der Waals surface area contributed by atoms with E-state index in [4.69, 9.17) is 34.8 Å². The van der Waals surface area contributed by atoms with Crippen LogP contribution in [0.15, 0.2) is 60.7 Å². The summed E-state index contributed by atoms with van der Waals surface area (Å²) >= 11 is 19.4. The van der Waals surface area contributed by atoms with E-state index < -0.39 is 0 Å². The average Bonchev–Trinajstić information content (AvgIpc) is 3.14. The second-order valence-corrected chi connectivity index (χ2v) is 8.18. The minimum atomic E-state index is 0.170. The number of benzene rings is 3. The van der Waals surface area contributed by atoms with Gasteiger partial charge in [0.2, 0.25) is 0 Å². The molecule has 0 saturated carbocycles. The van der Waals surface area contributed by atoms with E-state index in [0.717, 1.165) is 17.7 Å². The van der Waals surface area contributed by atoms with Gasteiger partial charge < -0.3 is 5.32 Å². The Balaban J connectivity index is 1.72. The lowest BCUT2D eigenvalue weighted by Gasteiger charge is -2.39. The van der Waals surface area contributed by atoms with E-state index in [2.05, 4.69) is 59.9 Å². The van der Waals surface area contributed by atoms with Crippen molar-refractivity contribution in [2.45, 2.75) is 18.4 Å². The zero-order valence-electron chi connectivity index (χ0n) is 13.8. The number of fused-ring (bicyclic) bond motifs is 4. The number of anilines is 1. The molecule has 0 aromatic heterocycles. The topological polar surface area (TPSA) is 12.0 Å². The summed E-state index contributed by atoms with van der Waals surface area (Å²) < 4.78 is 0. The van der Waals surface area contributed by atoms with Gasteiger partial charge in [0.05, 0.1) is 26.8 Å². The molecule has 0 saturated heterocycles. The zero-order chi connectivity index (χ0) is 17.8. The van der Waals surface area contributed by atoms with E-state index in [1.54, 1.807) is 6.07 Å². The van der Waals surface area contributed by atoms with Crippen LogP contribution in [-0.2, 0) is 0 Å². The lowest BCUT2D eigenvalue weighted by atomic mass is 9.76. The largest absolute Gasteiger partial charge is 0.376 e. The maximum Gasteiger partial charge on any atom is 0.0656 e. The van der Waals surface area contributed by atoms with Crippen molar-refractivity contribution in [3.05, 3.63) is 86.9 Å². The predicted octanol–water partition coefficient (Wildman–Crippen LogP) is 7.63. The Morgan fingerprint density at radius 2 is 1.73 bits per heavy atom. The van der Waals surface area contributed by atoms with Crippen LogP contribution in [0, 0.1) is 5.92 Å². The van der Waals surface area contributed by atoms with Gasteiger partial charge in [-0.2, -0.15) is 0 Å². The summed E-state index contributed by atoms with van der Waals surface area (Å²) in [4.78, 5) is 0. The molecule has 1 heterocycles. The Morgan fingerprint density at radius 3 is 2.62 bits per heavy atom. The maximum atomic E-state index is 6.57. The lowest BCUT2D eigenvalue weighted by Crippen LogP contribution is -2.29. The number of hydrogen-bond acceptors (Lipinski definition) is 1. The van der Waals surface area contributed by atoms with E-state index in [-0.39, 0.29) is 12.0 Å². The second-order valence-electron chi connectivity index (χ2n) is 6.99. The standard InChI is InChI=1S/C22H16Cl3N/c23-17-11-18(24)22-19(20(17)25)14-8-4-10-16(14)21(26-22)15-9-3-6-12-5-1-2-7-13(12)15/h1-9,11,14,16,21,26H,10H2/t14-,16+,21+/m1/s1. The van der Waals surface area contributed by atoms with Crippen molar-refractivity contribution in [3.63, 3.8) is 0 Å². The first kappa shape index (κ1) is 16.5. The highest BCUT2D eigenvalue weighted by atomic mass is 35.5. The van der Waals surface area contributed by atoms with Gasteiger partial charge in [0.15, 0.2) is 0 Å². The average molecular weight is 401 g/mol. The van der Waals surface area contributed by atoms with Gasteiger partial charge in [-0.1, -0.05) is 89.4 Å². The van der Waals surface area contributed by atoms with Gasteiger partial charge in [-0.3, -0.25) is 0 Å². The van der Waals surface area contributed by atoms with Crippen LogP contribution in [0.3, 0.4) is 0 Å². The van der Waals surface area contributed by atoms with Gasteiger partial charge >= 0.3 is 0 Å². The van der Waals surface area contributed by atoms with Crippen molar-refractivity contribution in [1.29, 1.82) is 0 Å². The normalized spacial score (nSPS) is 23.6. The molecule has 0 amide bonds. The minimum absolute atomic E-state index is 0.170. The molecule has 130 valence electrons. The van der Waals surface area contributed by atoms with Crippen molar-refractivity contribution >= 4 is 51.3 Å². The SMILES string of the molecule is Clc1cc(Cl)c2c(c1Cl)[C@@H]1C=CC[C@@H]1[C@H](c1cccc3ccccc13)N2. The van der Waals surface area contributed by atoms with Crippen LogP contribution in [0.1, 0.15) is 29.5 Å². The molecule has 0 radical (unpaired) electrons. The van der Waals surface area contributed by atoms with Crippen molar-refractivity contribution < 1.29 is 0 Å². The first-order valence-corrected chi connectivity index (χ1v) is 9.87. The van der Waals surface area contributed by atoms with E-state index in [9.17, 15) is 0 Å². The zero-order valence-corrected chi connectivity index (χ0v) is 16.1. The lowest BCUT2D eigenvalue weighted by molar-refractivity contribution is 0.427. The molecular formula is C22H16Cl3N. The first-order chi connectivity index (χ1) is 12.6. The van der Waals surface area contributed by atoms with Crippen LogP contribution < -0.4 is 5.32 Å². The van der Waals surface area contributed by atoms with Gasteiger partial charge in [-0.05, 0) is 34.7 Å². The summed E-state index contributed by atoms with van der Waals surface area (Å²) in [5, 5.41) is 7.97. The van der Waals surface area contributed by atoms with Crippen molar-refractivity contribution in [2.24, 2.45) is 5.92 Å². The summed E-state index contributed by atoms with van der Waals surface area (Å²) in [6.07, 6.45) is 5.50. The van der Waals surface area contributed by atoms with Crippen LogP contribution in [0.25, 0.3) is 10.8 Å². The van der Waals surface area contributed by atoms with Gasteiger partial charge in [0.1, 0.15) is 0 Å². The van der Waals surface area contributed by atoms with Crippen molar-refractivity contribution in [3.8, 4) is 0 Å². The third-order valence-corrected chi connectivity index (χ3v) is 6.74. The quantitative estimate of drug-likeness (QED) is 0.327. The maximum absolute atomic E-state index is 6.57. The molecular weight excluding hydrogens is 385 g/mol. The van der Waals surface area contributed by atoms with Gasteiger partial charge in [0, 0.05) is 11.5 Å². The molecule has 0 unspecified atom stereocenters. The molecule has 4 heteroatoms. The molecule has 26 heavy (non-hydrogen) atoms. The van der Waals surface area contributed by atoms with Crippen molar-refractivity contribution in [2.75, 3.05) is 5.32 Å². The number of halogens is 3. The van der Waals surface area contributed by atoms with E-state index >= 15 is 0 Å². The Labute approximate surface area is 167 Å². The molecule has 2 aliphatic rings. The van der Waals surface area contributed by atoms with Crippen LogP contribution >= 0.6 is 34.8 Å². The highest BCUT2D eigenvalue weighted by Crippen LogP contribution is 2.55. The summed E-state index contributed by atoms with van der Waals surface area (Å²) in [6.45, 7) is 0. The monoisotopic (exact) mass is 399 g/mol. The molecule has 1 aliphatic carbocycles. The van der Waals surface area contributed by atoms with Crippen molar-refractivity contribution in [1.82, 2.24) is 0 Å². The van der Waals surface area contributed by atoms with Crippen LogP contribution in [0.2, 0.25) is 15.1 Å². The molecule has 5 rings (SSSR count). The van der Waals surface area contributed by atoms with Gasteiger partial charge in [-0.25, -0.2) is 0 Å². The van der Waals surface area contributed by atoms with Gasteiger partial charge in [-0.15, -0.1) is 0 Å². The van der Waals surface area contributed by atoms with E-state index in [0.29, 0.717) is 21.0 Å². The molecule has 1 N–H and O–H groups in total. The Bertz CT molecular complexity index is 1050. The summed E-state index contributed by atoms with van der Waals surface area (Å²) in [6, 6.07) is 16.9. The number of nitrogens with one attached hydrogen (secondary N) is 1. The fraction of sp³-hybridized carbons (Fsp3) is 0.182. The second kappa shape index (κ2) is 6.20. The number of rotatable bonds is 1. The Kier molecular flexibility index (Phi) is 3.93. The summed E-state index contributed by atoms with van der Waals surface area (Å²) in [7, 11) is 0. The van der Waals surface area contributed by atoms with Crippen LogP contribution in [0.5, 0.6) is 0 Å². The van der Waals surface area contributed by atoms with Gasteiger partial charge in [0.25, 0.3) is 0 Å². The molecule has 0 bridgehead atoms. The van der Waals surface area contributed by atoms with Crippen LogP contribution in [-0.4, -0.2) is 0 Å². The Hall–Kier alpha value is -1.67. The molecule has 0 fully saturated rings. The molecule has 1 aliphatic heterocycles. The third kappa shape index (κ3) is 2.38. The fourth-order valence-corrected chi connectivity index (χ4v) is 5.30. The van der Waals surface area contributed by atoms with E-state index in [1.165, 1.54) is 16.3 Å². The first-order valence-electron chi connectivity index (χ1n) is 8.73. The molecule has 3 atom stereocenters. The molecule has 3 aromatic carbocycles. The fourth-order valence-electron chi connectivity index (χ4n) is 4.49. The molecule has 3 aromatic rings. The highest BCUT2D eigenvalue weighted by molar-refractivity contribution is 6.44. The third-order valence-electron chi connectivity index (χ3n) is 5.64. The minimum Gasteiger partial charge on any atom is -0.376 e. The highest BCUT2D eigenvalue weighted by Gasteiger charge is 2.40. The summed E-state index contributed by atoms with van der Waals surface area (Å²) in [5.41, 5.74) is 3.24. The number of allylic oxidation sites excluding steroid dienone is 2. The predicted molar refractivity (Wildman–Crippen MR) is 112 cm³/mol. The van der Waals surface area contributed by atoms with E-state index in [1.807, 2.05) is 0 Å². The smallest absolute Gasteiger partial charge is 0.0656 e. The summed E-state index contributed by atoms with van der Waals surface area (Å²) in [5.74, 6) is 0.610. The molecule has 0 spiro atoms. The Morgan fingerprint density at radius 1 is 0.923 bits per heavy atom. The molecule has 1 nitrogen and oxygen atoms in total. The number of hydrogen-bond donors (Lipinski definition) is 1. The van der Waals surface area contributed by atoms with Crippen LogP contribution in [0.4, 0.5) is 5.69 Å².